The SMILES string of the molecule is Nc1ncc(-c2cccc(-c3nc(-c4ccc(C(F)(F)F)c(OCC(F)(F)F)c4)cc(C(F)(F)F)n3)c2)cn1. The third-order valence-corrected chi connectivity index (χ3v) is 5.12. The summed E-state index contributed by atoms with van der Waals surface area (Å²) in [6.07, 6.45) is -12.3. The number of nitrogen functional groups attached to an aromatic ring is 1. The van der Waals surface area contributed by atoms with Gasteiger partial charge in [-0.05, 0) is 29.8 Å². The number of aromatic nitrogens is 4. The van der Waals surface area contributed by atoms with Gasteiger partial charge in [0, 0.05) is 29.1 Å². The summed E-state index contributed by atoms with van der Waals surface area (Å²) in [5.74, 6) is -1.68. The fraction of sp³-hybridized carbons (Fsp3) is 0.167. The molecule has 0 saturated heterocycles. The lowest BCUT2D eigenvalue weighted by atomic mass is 10.0. The molecule has 2 N–H and O–H groups in total. The molecule has 0 unspecified atom stereocenters. The number of ether oxygens (including phenoxy) is 1. The van der Waals surface area contributed by atoms with Crippen LogP contribution in [0.5, 0.6) is 5.75 Å². The Morgan fingerprint density at radius 2 is 1.36 bits per heavy atom. The Morgan fingerprint density at radius 1 is 0.692 bits per heavy atom. The van der Waals surface area contributed by atoms with Gasteiger partial charge in [0.05, 0.1) is 11.3 Å². The molecule has 204 valence electrons. The molecular weight excluding hydrogens is 545 g/mol. The molecule has 0 fully saturated rings. The van der Waals surface area contributed by atoms with Gasteiger partial charge < -0.3 is 10.5 Å². The van der Waals surface area contributed by atoms with Gasteiger partial charge in [0.2, 0.25) is 5.95 Å². The minimum atomic E-state index is -5.10. The van der Waals surface area contributed by atoms with Crippen LogP contribution in [0.15, 0.2) is 60.9 Å². The van der Waals surface area contributed by atoms with E-state index in [1.165, 1.54) is 30.6 Å². The number of rotatable bonds is 5. The molecule has 0 spiro atoms. The van der Waals surface area contributed by atoms with Crippen LogP contribution >= 0.6 is 0 Å². The van der Waals surface area contributed by atoms with Crippen LogP contribution in [0.3, 0.4) is 0 Å². The molecule has 0 aliphatic rings. The molecule has 2 aromatic heterocycles. The second-order valence-corrected chi connectivity index (χ2v) is 7.98. The van der Waals surface area contributed by atoms with Crippen LogP contribution in [0.2, 0.25) is 0 Å². The van der Waals surface area contributed by atoms with E-state index in [0.29, 0.717) is 29.3 Å². The maximum Gasteiger partial charge on any atom is 0.433 e. The Morgan fingerprint density at radius 3 is 1.97 bits per heavy atom. The number of hydrogen-bond acceptors (Lipinski definition) is 6. The largest absolute Gasteiger partial charge is 0.483 e. The molecule has 0 aliphatic carbocycles. The maximum absolute atomic E-state index is 13.7. The van der Waals surface area contributed by atoms with Crippen molar-refractivity contribution in [3.05, 3.63) is 72.2 Å². The Kier molecular flexibility index (Phi) is 7.10. The molecule has 0 aliphatic heterocycles. The second-order valence-electron chi connectivity index (χ2n) is 7.98. The smallest absolute Gasteiger partial charge is 0.433 e. The molecule has 4 aromatic rings. The minimum Gasteiger partial charge on any atom is -0.483 e. The number of nitrogens with zero attached hydrogens (tertiary/aromatic N) is 4. The highest BCUT2D eigenvalue weighted by atomic mass is 19.4. The van der Waals surface area contributed by atoms with Gasteiger partial charge >= 0.3 is 18.5 Å². The lowest BCUT2D eigenvalue weighted by molar-refractivity contribution is -0.158. The summed E-state index contributed by atoms with van der Waals surface area (Å²) in [4.78, 5) is 15.3. The van der Waals surface area contributed by atoms with Crippen molar-refractivity contribution in [3.63, 3.8) is 0 Å². The van der Waals surface area contributed by atoms with Crippen molar-refractivity contribution in [3.8, 4) is 39.5 Å². The normalized spacial score (nSPS) is 12.4. The van der Waals surface area contributed by atoms with Crippen LogP contribution in [0.25, 0.3) is 33.8 Å². The van der Waals surface area contributed by atoms with Gasteiger partial charge in [-0.25, -0.2) is 19.9 Å². The molecule has 2 aromatic carbocycles. The van der Waals surface area contributed by atoms with Gasteiger partial charge in [0.15, 0.2) is 12.4 Å². The van der Waals surface area contributed by atoms with Gasteiger partial charge in [-0.3, -0.25) is 0 Å². The quantitative estimate of drug-likeness (QED) is 0.270. The molecular formula is C24H14F9N5O. The van der Waals surface area contributed by atoms with Crippen molar-refractivity contribution in [2.45, 2.75) is 18.5 Å². The molecule has 0 bridgehead atoms. The summed E-state index contributed by atoms with van der Waals surface area (Å²) in [6, 6.07) is 8.11. The number of hydrogen-bond donors (Lipinski definition) is 1. The van der Waals surface area contributed by atoms with Crippen LogP contribution in [0.4, 0.5) is 45.5 Å². The molecule has 0 saturated carbocycles. The zero-order chi connectivity index (χ0) is 28.6. The number of anilines is 1. The fourth-order valence-corrected chi connectivity index (χ4v) is 3.39. The first kappa shape index (κ1) is 27.6. The van der Waals surface area contributed by atoms with Gasteiger partial charge in [0.25, 0.3) is 0 Å². The summed E-state index contributed by atoms with van der Waals surface area (Å²) < 4.78 is 123. The van der Waals surface area contributed by atoms with E-state index in [-0.39, 0.29) is 17.1 Å². The molecule has 15 heteroatoms. The Balaban J connectivity index is 1.84. The molecule has 0 amide bonds. The van der Waals surface area contributed by atoms with Crippen LogP contribution in [-0.2, 0) is 12.4 Å². The average molecular weight is 559 g/mol. The van der Waals surface area contributed by atoms with Crippen molar-refractivity contribution in [2.24, 2.45) is 0 Å². The summed E-state index contributed by atoms with van der Waals surface area (Å²) in [5, 5.41) is 0. The maximum atomic E-state index is 13.7. The third-order valence-electron chi connectivity index (χ3n) is 5.12. The van der Waals surface area contributed by atoms with E-state index < -0.39 is 53.7 Å². The fourth-order valence-electron chi connectivity index (χ4n) is 3.39. The number of halogens is 9. The number of alkyl halides is 9. The lowest BCUT2D eigenvalue weighted by Gasteiger charge is -2.17. The Labute approximate surface area is 213 Å². The van der Waals surface area contributed by atoms with Gasteiger partial charge in [0.1, 0.15) is 11.4 Å². The van der Waals surface area contributed by atoms with Crippen molar-refractivity contribution in [1.29, 1.82) is 0 Å². The van der Waals surface area contributed by atoms with Crippen LogP contribution in [0.1, 0.15) is 11.3 Å². The van der Waals surface area contributed by atoms with E-state index in [2.05, 4.69) is 24.7 Å². The highest BCUT2D eigenvalue weighted by molar-refractivity contribution is 5.71. The monoisotopic (exact) mass is 559 g/mol. The highest BCUT2D eigenvalue weighted by Gasteiger charge is 2.37. The summed E-state index contributed by atoms with van der Waals surface area (Å²) in [7, 11) is 0. The summed E-state index contributed by atoms with van der Waals surface area (Å²) in [5.41, 5.74) is 2.65. The van der Waals surface area contributed by atoms with E-state index in [0.717, 1.165) is 6.07 Å². The van der Waals surface area contributed by atoms with E-state index in [1.807, 2.05) is 0 Å². The lowest BCUT2D eigenvalue weighted by Crippen LogP contribution is -2.21. The molecule has 2 heterocycles. The topological polar surface area (TPSA) is 86.8 Å². The van der Waals surface area contributed by atoms with E-state index in [1.54, 1.807) is 6.07 Å². The van der Waals surface area contributed by atoms with Crippen molar-refractivity contribution >= 4 is 5.95 Å². The predicted molar refractivity (Wildman–Crippen MR) is 120 cm³/mol. The van der Waals surface area contributed by atoms with Crippen LogP contribution < -0.4 is 10.5 Å². The molecule has 0 atom stereocenters. The number of nitrogens with two attached hydrogens (primary N) is 1. The van der Waals surface area contributed by atoms with Crippen molar-refractivity contribution in [1.82, 2.24) is 19.9 Å². The Hall–Kier alpha value is -4.43. The number of benzene rings is 2. The molecule has 6 nitrogen and oxygen atoms in total. The summed E-state index contributed by atoms with van der Waals surface area (Å²) >= 11 is 0. The Bertz CT molecular complexity index is 1480. The van der Waals surface area contributed by atoms with Crippen molar-refractivity contribution in [2.75, 3.05) is 12.3 Å². The molecule has 0 radical (unpaired) electrons. The predicted octanol–water partition coefficient (Wildman–Crippen LogP) is 6.83. The molecule has 4 rings (SSSR count). The first-order valence-electron chi connectivity index (χ1n) is 10.7. The average Bonchev–Trinajstić information content (AvgIpc) is 2.86. The van der Waals surface area contributed by atoms with Gasteiger partial charge in [-0.15, -0.1) is 0 Å². The van der Waals surface area contributed by atoms with E-state index in [4.69, 9.17) is 5.73 Å². The second kappa shape index (κ2) is 10.0. The summed E-state index contributed by atoms with van der Waals surface area (Å²) in [6.45, 7) is -2.05. The first-order chi connectivity index (χ1) is 18.1. The van der Waals surface area contributed by atoms with Crippen LogP contribution in [-0.4, -0.2) is 32.7 Å². The zero-order valence-electron chi connectivity index (χ0n) is 19.2. The highest BCUT2D eigenvalue weighted by Crippen LogP contribution is 2.40. The zero-order valence-corrected chi connectivity index (χ0v) is 19.2. The molecule has 39 heavy (non-hydrogen) atoms. The van der Waals surface area contributed by atoms with E-state index in [9.17, 15) is 39.5 Å². The van der Waals surface area contributed by atoms with Gasteiger partial charge in [-0.1, -0.05) is 24.3 Å². The van der Waals surface area contributed by atoms with Crippen molar-refractivity contribution < 1.29 is 44.3 Å². The standard InChI is InChI=1S/C24H14F9N5O/c25-22(26,27)11-39-18-7-13(4-5-16(18)23(28,29)30)17-8-19(24(31,32)33)38-20(37-17)14-3-1-2-12(6-14)15-9-35-21(34)36-10-15/h1-10H,11H2,(H2,34,35,36). The van der Waals surface area contributed by atoms with Crippen LogP contribution in [0, 0.1) is 0 Å². The van der Waals surface area contributed by atoms with E-state index >= 15 is 0 Å². The minimum absolute atomic E-state index is 0.00381. The first-order valence-corrected chi connectivity index (χ1v) is 10.7. The van der Waals surface area contributed by atoms with Gasteiger partial charge in [-0.2, -0.15) is 39.5 Å². The third kappa shape index (κ3) is 6.72.